The van der Waals surface area contributed by atoms with Crippen LogP contribution in [0.15, 0.2) is 59.0 Å². The van der Waals surface area contributed by atoms with E-state index in [2.05, 4.69) is 16.0 Å². The lowest BCUT2D eigenvalue weighted by molar-refractivity contribution is -0.116. The molecule has 1 fully saturated rings. The third kappa shape index (κ3) is 5.06. The zero-order chi connectivity index (χ0) is 22.3. The van der Waals surface area contributed by atoms with E-state index in [1.165, 1.54) is 0 Å². The van der Waals surface area contributed by atoms with Crippen LogP contribution >= 0.6 is 0 Å². The fourth-order valence-electron chi connectivity index (χ4n) is 3.42. The van der Waals surface area contributed by atoms with Crippen molar-refractivity contribution >= 4 is 40.2 Å². The first kappa shape index (κ1) is 21.4. The van der Waals surface area contributed by atoms with Crippen LogP contribution in [0.2, 0.25) is 0 Å². The molecular weight excluding hydrogens is 412 g/mol. The summed E-state index contributed by atoms with van der Waals surface area (Å²) in [6.07, 6.45) is 0.0346. The topological polar surface area (TPSA) is 113 Å². The van der Waals surface area contributed by atoms with Crippen LogP contribution in [0.25, 0.3) is 11.0 Å². The van der Waals surface area contributed by atoms with E-state index in [9.17, 15) is 14.4 Å². The Balaban J connectivity index is 1.39. The third-order valence-corrected chi connectivity index (χ3v) is 5.02. The van der Waals surface area contributed by atoms with Gasteiger partial charge in [-0.1, -0.05) is 30.3 Å². The quantitative estimate of drug-likeness (QED) is 0.550. The molecule has 0 atom stereocenters. The molecular formula is C23H24N4O5. The number of urea groups is 1. The number of ether oxygens (including phenoxy) is 1. The maximum absolute atomic E-state index is 13.0. The summed E-state index contributed by atoms with van der Waals surface area (Å²) in [4.78, 5) is 39.2. The molecule has 3 N–H and O–H groups in total. The molecule has 0 spiro atoms. The van der Waals surface area contributed by atoms with Gasteiger partial charge < -0.3 is 30.0 Å². The summed E-state index contributed by atoms with van der Waals surface area (Å²) in [5.41, 5.74) is 1.51. The van der Waals surface area contributed by atoms with Crippen molar-refractivity contribution in [1.82, 2.24) is 10.2 Å². The van der Waals surface area contributed by atoms with Crippen molar-refractivity contribution < 1.29 is 23.5 Å². The maximum atomic E-state index is 13.0. The van der Waals surface area contributed by atoms with E-state index in [0.717, 1.165) is 0 Å². The van der Waals surface area contributed by atoms with E-state index in [1.807, 2.05) is 24.3 Å². The monoisotopic (exact) mass is 436 g/mol. The fraction of sp³-hybridized carbons (Fsp3) is 0.261. The van der Waals surface area contributed by atoms with Gasteiger partial charge >= 0.3 is 6.03 Å². The molecule has 1 aromatic heterocycles. The average Bonchev–Trinajstić information content (AvgIpc) is 3.18. The van der Waals surface area contributed by atoms with Gasteiger partial charge in [-0.05, 0) is 24.3 Å². The Bertz CT molecular complexity index is 1110. The SMILES string of the molecule is O=C(CCNC(=O)Nc1ccccc1)Nc1c(C(=O)N2CCOCC2)oc2ccccc12. The van der Waals surface area contributed by atoms with E-state index in [0.29, 0.717) is 48.6 Å². The zero-order valence-corrected chi connectivity index (χ0v) is 17.4. The number of para-hydroxylation sites is 2. The Labute approximate surface area is 184 Å². The molecule has 3 aromatic rings. The average molecular weight is 436 g/mol. The van der Waals surface area contributed by atoms with Crippen LogP contribution in [-0.4, -0.2) is 55.6 Å². The van der Waals surface area contributed by atoms with Crippen molar-refractivity contribution in [2.24, 2.45) is 0 Å². The van der Waals surface area contributed by atoms with Crippen molar-refractivity contribution in [1.29, 1.82) is 0 Å². The molecule has 0 bridgehead atoms. The highest BCUT2D eigenvalue weighted by molar-refractivity contribution is 6.10. The number of nitrogens with zero attached hydrogens (tertiary/aromatic N) is 1. The number of carbonyl (C=O) groups is 3. The van der Waals surface area contributed by atoms with E-state index in [-0.39, 0.29) is 30.5 Å². The Morgan fingerprint density at radius 2 is 1.62 bits per heavy atom. The van der Waals surface area contributed by atoms with Gasteiger partial charge in [-0.15, -0.1) is 0 Å². The van der Waals surface area contributed by atoms with Crippen molar-refractivity contribution in [2.45, 2.75) is 6.42 Å². The molecule has 1 aliphatic heterocycles. The van der Waals surface area contributed by atoms with E-state index in [4.69, 9.17) is 9.15 Å². The smallest absolute Gasteiger partial charge is 0.319 e. The van der Waals surface area contributed by atoms with Crippen molar-refractivity contribution in [2.75, 3.05) is 43.5 Å². The lowest BCUT2D eigenvalue weighted by atomic mass is 10.2. The fourth-order valence-corrected chi connectivity index (χ4v) is 3.42. The molecule has 0 saturated carbocycles. The van der Waals surface area contributed by atoms with Gasteiger partial charge in [-0.2, -0.15) is 0 Å². The van der Waals surface area contributed by atoms with Crippen LogP contribution in [0.4, 0.5) is 16.2 Å². The number of morpholine rings is 1. The van der Waals surface area contributed by atoms with Gasteiger partial charge in [-0.25, -0.2) is 4.79 Å². The Hall–Kier alpha value is -3.85. The summed E-state index contributed by atoms with van der Waals surface area (Å²) < 4.78 is 11.1. The van der Waals surface area contributed by atoms with Crippen molar-refractivity contribution in [3.8, 4) is 0 Å². The second-order valence-corrected chi connectivity index (χ2v) is 7.25. The van der Waals surface area contributed by atoms with E-state index >= 15 is 0 Å². The number of anilines is 2. The highest BCUT2D eigenvalue weighted by Crippen LogP contribution is 2.32. The number of hydrogen-bond acceptors (Lipinski definition) is 5. The van der Waals surface area contributed by atoms with Gasteiger partial charge in [0.1, 0.15) is 11.3 Å². The van der Waals surface area contributed by atoms with Gasteiger partial charge in [0.2, 0.25) is 11.7 Å². The zero-order valence-electron chi connectivity index (χ0n) is 17.4. The van der Waals surface area contributed by atoms with Gasteiger partial charge in [0, 0.05) is 37.1 Å². The molecule has 0 radical (unpaired) electrons. The van der Waals surface area contributed by atoms with E-state index < -0.39 is 6.03 Å². The number of benzene rings is 2. The van der Waals surface area contributed by atoms with E-state index in [1.54, 1.807) is 35.2 Å². The Morgan fingerprint density at radius 1 is 0.906 bits per heavy atom. The standard InChI is InChI=1S/C23H24N4O5/c28-19(10-11-24-23(30)25-16-6-2-1-3-7-16)26-20-17-8-4-5-9-18(17)32-21(20)22(29)27-12-14-31-15-13-27/h1-9H,10-15H2,(H,26,28)(H2,24,25,30). The predicted molar refractivity (Wildman–Crippen MR) is 120 cm³/mol. The minimum absolute atomic E-state index is 0.0346. The summed E-state index contributed by atoms with van der Waals surface area (Å²) in [5, 5.41) is 8.77. The number of rotatable bonds is 6. The Morgan fingerprint density at radius 3 is 2.41 bits per heavy atom. The lowest BCUT2D eigenvalue weighted by Gasteiger charge is -2.26. The van der Waals surface area contributed by atoms with Gasteiger partial charge in [-0.3, -0.25) is 9.59 Å². The summed E-state index contributed by atoms with van der Waals surface area (Å²) >= 11 is 0. The summed E-state index contributed by atoms with van der Waals surface area (Å²) in [6, 6.07) is 15.8. The van der Waals surface area contributed by atoms with Crippen LogP contribution in [0.1, 0.15) is 17.0 Å². The number of furan rings is 1. The first-order valence-electron chi connectivity index (χ1n) is 10.4. The largest absolute Gasteiger partial charge is 0.449 e. The summed E-state index contributed by atoms with van der Waals surface area (Å²) in [7, 11) is 0. The first-order chi connectivity index (χ1) is 15.6. The number of fused-ring (bicyclic) bond motifs is 1. The highest BCUT2D eigenvalue weighted by atomic mass is 16.5. The molecule has 2 aromatic carbocycles. The van der Waals surface area contributed by atoms with Crippen molar-refractivity contribution in [3.05, 3.63) is 60.4 Å². The second kappa shape index (κ2) is 9.97. The highest BCUT2D eigenvalue weighted by Gasteiger charge is 2.27. The molecule has 4 amide bonds. The predicted octanol–water partition coefficient (Wildman–Crippen LogP) is 3.06. The Kier molecular flexibility index (Phi) is 6.66. The summed E-state index contributed by atoms with van der Waals surface area (Å²) in [5.74, 6) is -0.538. The molecule has 2 heterocycles. The molecule has 32 heavy (non-hydrogen) atoms. The van der Waals surface area contributed by atoms with Crippen LogP contribution in [0.3, 0.4) is 0 Å². The lowest BCUT2D eigenvalue weighted by Crippen LogP contribution is -2.40. The van der Waals surface area contributed by atoms with Crippen LogP contribution in [0.5, 0.6) is 0 Å². The minimum atomic E-state index is -0.402. The number of amides is 4. The minimum Gasteiger partial charge on any atom is -0.449 e. The molecule has 166 valence electrons. The van der Waals surface area contributed by atoms with Crippen LogP contribution in [-0.2, 0) is 9.53 Å². The van der Waals surface area contributed by atoms with Crippen LogP contribution in [0, 0.1) is 0 Å². The maximum Gasteiger partial charge on any atom is 0.319 e. The van der Waals surface area contributed by atoms with Crippen molar-refractivity contribution in [3.63, 3.8) is 0 Å². The normalized spacial score (nSPS) is 13.6. The van der Waals surface area contributed by atoms with Gasteiger partial charge in [0.25, 0.3) is 5.91 Å². The molecule has 0 unspecified atom stereocenters. The number of hydrogen-bond donors (Lipinski definition) is 3. The molecule has 9 heteroatoms. The first-order valence-corrected chi connectivity index (χ1v) is 10.4. The summed E-state index contributed by atoms with van der Waals surface area (Å²) in [6.45, 7) is 1.98. The third-order valence-electron chi connectivity index (χ3n) is 5.02. The molecule has 1 aliphatic rings. The van der Waals surface area contributed by atoms with Gasteiger partial charge in [0.15, 0.2) is 0 Å². The number of carbonyl (C=O) groups excluding carboxylic acids is 3. The molecule has 0 aliphatic carbocycles. The molecule has 4 rings (SSSR count). The number of nitrogens with one attached hydrogen (secondary N) is 3. The van der Waals surface area contributed by atoms with Gasteiger partial charge in [0.05, 0.1) is 13.2 Å². The second-order valence-electron chi connectivity index (χ2n) is 7.25. The van der Waals surface area contributed by atoms with Crippen LogP contribution < -0.4 is 16.0 Å². The molecule has 9 nitrogen and oxygen atoms in total. The molecule has 1 saturated heterocycles.